The monoisotopic (exact) mass is 327 g/mol. The van der Waals surface area contributed by atoms with E-state index < -0.39 is 10.0 Å². The van der Waals surface area contributed by atoms with Crippen LogP contribution in [0.4, 0.5) is 5.69 Å². The summed E-state index contributed by atoms with van der Waals surface area (Å²) in [5.41, 5.74) is 0.121. The zero-order valence-electron chi connectivity index (χ0n) is 12.5. The summed E-state index contributed by atoms with van der Waals surface area (Å²) in [4.78, 5) is 11.8. The molecule has 120 valence electrons. The maximum Gasteiger partial charge on any atom is 0.319 e. The minimum absolute atomic E-state index is 0.0976. The average molecular weight is 327 g/mol. The molecule has 22 heavy (non-hydrogen) atoms. The smallest absolute Gasteiger partial charge is 0.319 e. The second-order valence-electron chi connectivity index (χ2n) is 4.22. The highest BCUT2D eigenvalue weighted by atomic mass is 32.2. The lowest BCUT2D eigenvalue weighted by Gasteiger charge is -2.11. The van der Waals surface area contributed by atoms with Gasteiger partial charge in [0.15, 0.2) is 5.03 Å². The van der Waals surface area contributed by atoms with Crippen molar-refractivity contribution in [2.75, 3.05) is 17.9 Å². The standard InChI is InChI=1S/C12H17N5O4S/c1-4-20-11-9(6-13-12(15-11)21-5-2)16-22(18,19)10-7-17(3)8-14-10/h6-8,16H,4-5H2,1-3H3. The molecular weight excluding hydrogens is 310 g/mol. The number of sulfonamides is 1. The van der Waals surface area contributed by atoms with Crippen LogP contribution < -0.4 is 14.2 Å². The van der Waals surface area contributed by atoms with Crippen molar-refractivity contribution in [2.24, 2.45) is 7.05 Å². The molecule has 0 spiro atoms. The molecule has 0 radical (unpaired) electrons. The Labute approximate surface area is 128 Å². The van der Waals surface area contributed by atoms with E-state index in [-0.39, 0.29) is 22.6 Å². The average Bonchev–Trinajstić information content (AvgIpc) is 2.90. The number of aromatic nitrogens is 4. The number of aryl methyl sites for hydroxylation is 1. The van der Waals surface area contributed by atoms with Crippen LogP contribution in [0.3, 0.4) is 0 Å². The van der Waals surface area contributed by atoms with E-state index in [4.69, 9.17) is 9.47 Å². The molecule has 0 amide bonds. The van der Waals surface area contributed by atoms with Gasteiger partial charge < -0.3 is 14.0 Å². The molecule has 0 aliphatic heterocycles. The van der Waals surface area contributed by atoms with Gasteiger partial charge in [-0.3, -0.25) is 4.72 Å². The first kappa shape index (κ1) is 16.0. The zero-order chi connectivity index (χ0) is 16.2. The Morgan fingerprint density at radius 2 is 1.95 bits per heavy atom. The molecule has 2 heterocycles. The lowest BCUT2D eigenvalue weighted by Crippen LogP contribution is -2.15. The Bertz CT molecular complexity index is 744. The van der Waals surface area contributed by atoms with Gasteiger partial charge in [-0.15, -0.1) is 0 Å². The maximum atomic E-state index is 12.3. The van der Waals surface area contributed by atoms with Gasteiger partial charge in [0.1, 0.15) is 5.69 Å². The highest BCUT2D eigenvalue weighted by Gasteiger charge is 2.20. The van der Waals surface area contributed by atoms with E-state index in [0.717, 1.165) is 0 Å². The van der Waals surface area contributed by atoms with E-state index in [9.17, 15) is 8.42 Å². The van der Waals surface area contributed by atoms with Gasteiger partial charge in [-0.2, -0.15) is 13.4 Å². The van der Waals surface area contributed by atoms with Crippen LogP contribution in [0.2, 0.25) is 0 Å². The molecule has 0 atom stereocenters. The summed E-state index contributed by atoms with van der Waals surface area (Å²) in [5, 5.41) is -0.105. The molecule has 2 rings (SSSR count). The number of imidazole rings is 1. The van der Waals surface area contributed by atoms with Crippen LogP contribution in [-0.2, 0) is 17.1 Å². The molecule has 0 bridgehead atoms. The topological polar surface area (TPSA) is 108 Å². The van der Waals surface area contributed by atoms with E-state index in [1.807, 2.05) is 0 Å². The van der Waals surface area contributed by atoms with Gasteiger partial charge in [0.2, 0.25) is 5.88 Å². The van der Waals surface area contributed by atoms with E-state index >= 15 is 0 Å². The van der Waals surface area contributed by atoms with Crippen LogP contribution >= 0.6 is 0 Å². The highest BCUT2D eigenvalue weighted by molar-refractivity contribution is 7.92. The molecule has 10 heteroatoms. The van der Waals surface area contributed by atoms with Crippen molar-refractivity contribution in [2.45, 2.75) is 18.9 Å². The number of anilines is 1. The molecule has 0 aliphatic carbocycles. The Morgan fingerprint density at radius 1 is 1.23 bits per heavy atom. The molecule has 1 N–H and O–H groups in total. The first-order valence-electron chi connectivity index (χ1n) is 6.59. The Kier molecular flexibility index (Phi) is 4.81. The van der Waals surface area contributed by atoms with Crippen LogP contribution in [0.15, 0.2) is 23.7 Å². The number of ether oxygens (including phenoxy) is 2. The van der Waals surface area contributed by atoms with E-state index in [0.29, 0.717) is 13.2 Å². The summed E-state index contributed by atoms with van der Waals surface area (Å²) in [7, 11) is -2.16. The van der Waals surface area contributed by atoms with Crippen LogP contribution in [0, 0.1) is 0 Å². The second-order valence-corrected chi connectivity index (χ2v) is 5.85. The van der Waals surface area contributed by atoms with Crippen LogP contribution in [0.5, 0.6) is 11.9 Å². The molecule has 2 aromatic rings. The molecule has 2 aromatic heterocycles. The van der Waals surface area contributed by atoms with Gasteiger partial charge in [0.05, 0.1) is 25.7 Å². The summed E-state index contributed by atoms with van der Waals surface area (Å²) in [5.74, 6) is 0.0976. The van der Waals surface area contributed by atoms with Gasteiger partial charge in [0.25, 0.3) is 10.0 Å². The van der Waals surface area contributed by atoms with Crippen molar-refractivity contribution in [3.63, 3.8) is 0 Å². The predicted octanol–water partition coefficient (Wildman–Crippen LogP) is 0.808. The van der Waals surface area contributed by atoms with Crippen molar-refractivity contribution >= 4 is 15.7 Å². The fraction of sp³-hybridized carbons (Fsp3) is 0.417. The van der Waals surface area contributed by atoms with E-state index in [1.165, 1.54) is 23.3 Å². The minimum Gasteiger partial charge on any atom is -0.476 e. The lowest BCUT2D eigenvalue weighted by atomic mass is 10.5. The van der Waals surface area contributed by atoms with E-state index in [1.54, 1.807) is 20.9 Å². The fourth-order valence-corrected chi connectivity index (χ4v) is 2.62. The Hall–Kier alpha value is -2.36. The number of nitrogens with one attached hydrogen (secondary N) is 1. The molecule has 0 fully saturated rings. The second kappa shape index (κ2) is 6.60. The quantitative estimate of drug-likeness (QED) is 0.801. The van der Waals surface area contributed by atoms with E-state index in [2.05, 4.69) is 19.7 Å². The molecule has 0 saturated heterocycles. The third-order valence-electron chi connectivity index (χ3n) is 2.49. The van der Waals surface area contributed by atoms with Gasteiger partial charge in [-0.05, 0) is 13.8 Å². The zero-order valence-corrected chi connectivity index (χ0v) is 13.3. The lowest BCUT2D eigenvalue weighted by molar-refractivity contribution is 0.290. The maximum absolute atomic E-state index is 12.3. The minimum atomic E-state index is -3.84. The number of nitrogens with zero attached hydrogens (tertiary/aromatic N) is 4. The van der Waals surface area contributed by atoms with Crippen molar-refractivity contribution < 1.29 is 17.9 Å². The normalized spacial score (nSPS) is 11.2. The highest BCUT2D eigenvalue weighted by Crippen LogP contribution is 2.25. The number of rotatable bonds is 7. The summed E-state index contributed by atoms with van der Waals surface area (Å²) < 4.78 is 38.9. The first-order valence-corrected chi connectivity index (χ1v) is 8.08. The largest absolute Gasteiger partial charge is 0.476 e. The molecule has 0 saturated carbocycles. The van der Waals surface area contributed by atoms with Gasteiger partial charge >= 0.3 is 6.01 Å². The third kappa shape index (κ3) is 3.64. The predicted molar refractivity (Wildman–Crippen MR) is 78.4 cm³/mol. The van der Waals surface area contributed by atoms with Crippen LogP contribution in [0.25, 0.3) is 0 Å². The number of hydrogen-bond donors (Lipinski definition) is 1. The van der Waals surface area contributed by atoms with Crippen molar-refractivity contribution in [3.05, 3.63) is 18.7 Å². The van der Waals surface area contributed by atoms with Crippen LogP contribution in [-0.4, -0.2) is 41.2 Å². The summed E-state index contributed by atoms with van der Waals surface area (Å²) >= 11 is 0. The van der Waals surface area contributed by atoms with Crippen molar-refractivity contribution in [1.82, 2.24) is 19.5 Å². The van der Waals surface area contributed by atoms with Gasteiger partial charge in [-0.1, -0.05) is 0 Å². The van der Waals surface area contributed by atoms with Crippen LogP contribution in [0.1, 0.15) is 13.8 Å². The van der Waals surface area contributed by atoms with Crippen molar-refractivity contribution in [3.8, 4) is 11.9 Å². The first-order chi connectivity index (χ1) is 10.5. The summed E-state index contributed by atoms with van der Waals surface area (Å²) in [6.45, 7) is 4.27. The molecule has 0 aliphatic rings. The Balaban J connectivity index is 2.31. The van der Waals surface area contributed by atoms with Gasteiger partial charge in [-0.25, -0.2) is 9.97 Å². The summed E-state index contributed by atoms with van der Waals surface area (Å²) in [6.07, 6.45) is 4.08. The third-order valence-corrected chi connectivity index (χ3v) is 3.74. The SMILES string of the molecule is CCOc1ncc(NS(=O)(=O)c2cn(C)cn2)c(OCC)n1. The molecule has 0 aromatic carbocycles. The Morgan fingerprint density at radius 3 is 2.55 bits per heavy atom. The molecule has 9 nitrogen and oxygen atoms in total. The molecule has 0 unspecified atom stereocenters. The molecular formula is C12H17N5O4S. The number of hydrogen-bond acceptors (Lipinski definition) is 7. The summed E-state index contributed by atoms with van der Waals surface area (Å²) in [6, 6.07) is 0.117. The fourth-order valence-electron chi connectivity index (χ4n) is 1.59. The van der Waals surface area contributed by atoms with Crippen molar-refractivity contribution in [1.29, 1.82) is 0 Å². The van der Waals surface area contributed by atoms with Gasteiger partial charge in [0, 0.05) is 13.2 Å².